The van der Waals surface area contributed by atoms with Crippen LogP contribution in [0.25, 0.3) is 0 Å². The molecule has 10 heteroatoms. The first-order chi connectivity index (χ1) is 12.5. The van der Waals surface area contributed by atoms with Crippen LogP contribution in [0.4, 0.5) is 5.82 Å². The van der Waals surface area contributed by atoms with Crippen molar-refractivity contribution in [2.75, 3.05) is 25.2 Å². The number of hydrogen-bond acceptors (Lipinski definition) is 8. The van der Waals surface area contributed by atoms with Gasteiger partial charge in [0, 0.05) is 11.9 Å². The first-order valence-electron chi connectivity index (χ1n) is 7.55. The zero-order valence-electron chi connectivity index (χ0n) is 13.9. The molecule has 0 bridgehead atoms. The van der Waals surface area contributed by atoms with Gasteiger partial charge in [-0.15, -0.1) is 11.8 Å². The summed E-state index contributed by atoms with van der Waals surface area (Å²) in [7, 11) is 1.45. The van der Waals surface area contributed by atoms with Crippen molar-refractivity contribution in [3.63, 3.8) is 0 Å². The van der Waals surface area contributed by atoms with Gasteiger partial charge in [0.2, 0.25) is 0 Å². The molecule has 0 amide bonds. The number of aromatic nitrogens is 2. The van der Waals surface area contributed by atoms with Crippen LogP contribution in [0.2, 0.25) is 0 Å². The summed E-state index contributed by atoms with van der Waals surface area (Å²) >= 11 is 1.47. The standard InChI is InChI=1S/C8H11N3O3S.C8H8O3/c9-5-1-2-11(8(13)10-5)6-4-15-7(3-12)14-6;1-11-7-5-3-2-4-6(7)8(9)10/h1-2,6-7,12H,3-4H2,(H2,9,10,13);2-5H,1H3,(H,9,10)/t6-,7+;/m0./s1. The number of ether oxygens (including phenoxy) is 2. The van der Waals surface area contributed by atoms with Crippen LogP contribution in [0.5, 0.6) is 5.75 Å². The number of para-hydroxylation sites is 1. The van der Waals surface area contributed by atoms with Crippen molar-refractivity contribution in [1.82, 2.24) is 9.55 Å². The normalized spacial score (nSPS) is 18.7. The second kappa shape index (κ2) is 9.22. The van der Waals surface area contributed by atoms with Crippen LogP contribution in [0, 0.1) is 0 Å². The maximum absolute atomic E-state index is 11.4. The van der Waals surface area contributed by atoms with Gasteiger partial charge in [0.25, 0.3) is 0 Å². The molecule has 0 spiro atoms. The molecule has 1 aliphatic heterocycles. The second-order valence-electron chi connectivity index (χ2n) is 5.08. The molecule has 2 aromatic rings. The van der Waals surface area contributed by atoms with Gasteiger partial charge in [-0.25, -0.2) is 9.59 Å². The lowest BCUT2D eigenvalue weighted by molar-refractivity contribution is -0.00629. The summed E-state index contributed by atoms with van der Waals surface area (Å²) in [5.74, 6) is 0.236. The SMILES string of the molecule is COc1ccccc1C(=O)O.Nc1ccn([C@@H]2CS[C@H](CO)O2)c(=O)n1. The quantitative estimate of drug-likeness (QED) is 0.702. The lowest BCUT2D eigenvalue weighted by atomic mass is 10.2. The predicted molar refractivity (Wildman–Crippen MR) is 96.3 cm³/mol. The molecular weight excluding hydrogens is 362 g/mol. The highest BCUT2D eigenvalue weighted by atomic mass is 32.2. The third kappa shape index (κ3) is 4.97. The number of carboxylic acids is 1. The van der Waals surface area contributed by atoms with E-state index < -0.39 is 11.7 Å². The van der Waals surface area contributed by atoms with Crippen molar-refractivity contribution < 1.29 is 24.5 Å². The van der Waals surface area contributed by atoms with Gasteiger partial charge in [-0.05, 0) is 18.2 Å². The Bertz CT molecular complexity index is 813. The minimum atomic E-state index is -0.970. The number of rotatable bonds is 4. The second-order valence-corrected chi connectivity index (χ2v) is 6.28. The van der Waals surface area contributed by atoms with Gasteiger partial charge in [-0.3, -0.25) is 4.57 Å². The molecule has 2 atom stereocenters. The molecule has 9 nitrogen and oxygen atoms in total. The van der Waals surface area contributed by atoms with Crippen molar-refractivity contribution in [1.29, 1.82) is 0 Å². The Morgan fingerprint density at radius 1 is 1.46 bits per heavy atom. The Hall–Kier alpha value is -2.56. The summed E-state index contributed by atoms with van der Waals surface area (Å²) in [5.41, 5.74) is 4.86. The summed E-state index contributed by atoms with van der Waals surface area (Å²) in [5, 5.41) is 17.5. The third-order valence-corrected chi connectivity index (χ3v) is 4.49. The number of thioether (sulfide) groups is 1. The smallest absolute Gasteiger partial charge is 0.351 e. The third-order valence-electron chi connectivity index (χ3n) is 3.38. The van der Waals surface area contributed by atoms with Gasteiger partial charge in [0.05, 0.1) is 13.7 Å². The molecule has 0 radical (unpaired) electrons. The Kier molecular flexibility index (Phi) is 7.01. The zero-order valence-corrected chi connectivity index (χ0v) is 14.8. The summed E-state index contributed by atoms with van der Waals surface area (Å²) in [6.45, 7) is -0.0572. The van der Waals surface area contributed by atoms with Gasteiger partial charge < -0.3 is 25.4 Å². The van der Waals surface area contributed by atoms with E-state index in [4.69, 9.17) is 25.4 Å². The molecule has 26 heavy (non-hydrogen) atoms. The highest BCUT2D eigenvalue weighted by molar-refractivity contribution is 8.00. The molecule has 0 aliphatic carbocycles. The first kappa shape index (κ1) is 19.8. The maximum atomic E-state index is 11.4. The molecule has 140 valence electrons. The van der Waals surface area contributed by atoms with Crippen molar-refractivity contribution in [2.24, 2.45) is 0 Å². The average Bonchev–Trinajstić information content (AvgIpc) is 3.11. The largest absolute Gasteiger partial charge is 0.496 e. The lowest BCUT2D eigenvalue weighted by Crippen LogP contribution is -2.28. The van der Waals surface area contributed by atoms with Crippen LogP contribution >= 0.6 is 11.8 Å². The van der Waals surface area contributed by atoms with Crippen LogP contribution < -0.4 is 16.2 Å². The van der Waals surface area contributed by atoms with Crippen molar-refractivity contribution in [3.05, 3.63) is 52.6 Å². The Balaban J connectivity index is 0.000000197. The highest BCUT2D eigenvalue weighted by Gasteiger charge is 2.27. The molecule has 1 aromatic heterocycles. The molecule has 1 fully saturated rings. The number of carboxylic acid groups (broad SMARTS) is 1. The molecule has 1 aliphatic rings. The van der Waals surface area contributed by atoms with Crippen molar-refractivity contribution in [2.45, 2.75) is 11.7 Å². The van der Waals surface area contributed by atoms with Crippen molar-refractivity contribution >= 4 is 23.5 Å². The molecule has 0 unspecified atom stereocenters. The fourth-order valence-electron chi connectivity index (χ4n) is 2.15. The fraction of sp³-hybridized carbons (Fsp3) is 0.312. The maximum Gasteiger partial charge on any atom is 0.351 e. The van der Waals surface area contributed by atoms with Gasteiger partial charge in [-0.1, -0.05) is 12.1 Å². The molecule has 3 rings (SSSR count). The molecule has 1 saturated heterocycles. The average molecular weight is 381 g/mol. The topological polar surface area (TPSA) is 137 Å². The molecule has 4 N–H and O–H groups in total. The number of nitrogens with zero attached hydrogens (tertiary/aromatic N) is 2. The van der Waals surface area contributed by atoms with Gasteiger partial charge in [0.15, 0.2) is 0 Å². The minimum absolute atomic E-state index is 0.0572. The molecule has 0 saturated carbocycles. The van der Waals surface area contributed by atoms with Crippen LogP contribution in [0.1, 0.15) is 16.6 Å². The summed E-state index contributed by atoms with van der Waals surface area (Å²) in [6, 6.07) is 8.05. The number of benzene rings is 1. The van der Waals surface area contributed by atoms with Gasteiger partial charge in [0.1, 0.15) is 28.8 Å². The number of methoxy groups -OCH3 is 1. The number of aromatic carboxylic acids is 1. The van der Waals surface area contributed by atoms with Crippen LogP contribution in [0.3, 0.4) is 0 Å². The molecule has 1 aromatic carbocycles. The van der Waals surface area contributed by atoms with Crippen LogP contribution in [0.15, 0.2) is 41.3 Å². The Morgan fingerprint density at radius 2 is 2.19 bits per heavy atom. The van der Waals surface area contributed by atoms with E-state index in [1.165, 1.54) is 29.5 Å². The number of nitrogen functional groups attached to an aromatic ring is 1. The summed E-state index contributed by atoms with van der Waals surface area (Å²) in [4.78, 5) is 25.5. The number of carbonyl (C=O) groups is 1. The van der Waals surface area contributed by atoms with E-state index in [1.807, 2.05) is 0 Å². The van der Waals surface area contributed by atoms with Gasteiger partial charge >= 0.3 is 11.7 Å². The predicted octanol–water partition coefficient (Wildman–Crippen LogP) is 0.799. The zero-order chi connectivity index (χ0) is 19.1. The fourth-order valence-corrected chi connectivity index (χ4v) is 3.08. The lowest BCUT2D eigenvalue weighted by Gasteiger charge is -2.13. The van der Waals surface area contributed by atoms with E-state index in [2.05, 4.69) is 4.98 Å². The van der Waals surface area contributed by atoms with Gasteiger partial charge in [-0.2, -0.15) is 4.98 Å². The highest BCUT2D eigenvalue weighted by Crippen LogP contribution is 2.30. The summed E-state index contributed by atoms with van der Waals surface area (Å²) < 4.78 is 11.6. The van der Waals surface area contributed by atoms with E-state index in [0.29, 0.717) is 11.5 Å². The van der Waals surface area contributed by atoms with Crippen LogP contribution in [-0.4, -0.2) is 50.6 Å². The summed E-state index contributed by atoms with van der Waals surface area (Å²) in [6.07, 6.45) is 1.18. The van der Waals surface area contributed by atoms with E-state index in [0.717, 1.165) is 0 Å². The Labute approximate surface area is 153 Å². The monoisotopic (exact) mass is 381 g/mol. The number of anilines is 1. The van der Waals surface area contributed by atoms with E-state index in [-0.39, 0.29) is 29.7 Å². The molecular formula is C16H19N3O6S. The number of nitrogens with two attached hydrogens (primary N) is 1. The van der Waals surface area contributed by atoms with Crippen LogP contribution in [-0.2, 0) is 4.74 Å². The van der Waals surface area contributed by atoms with E-state index in [1.54, 1.807) is 30.5 Å². The number of aliphatic hydroxyl groups is 1. The Morgan fingerprint density at radius 3 is 2.73 bits per heavy atom. The van der Waals surface area contributed by atoms with E-state index in [9.17, 15) is 9.59 Å². The van der Waals surface area contributed by atoms with Crippen molar-refractivity contribution in [3.8, 4) is 5.75 Å². The van der Waals surface area contributed by atoms with E-state index >= 15 is 0 Å². The molecule has 2 heterocycles. The first-order valence-corrected chi connectivity index (χ1v) is 8.60. The number of hydrogen-bond donors (Lipinski definition) is 3. The number of aliphatic hydroxyl groups excluding tert-OH is 1. The minimum Gasteiger partial charge on any atom is -0.496 e.